The largest absolute Gasteiger partial charge is 0.466 e. The highest BCUT2D eigenvalue weighted by Gasteiger charge is 2.66. The molecule has 5 atom stereocenters. The first-order valence-corrected chi connectivity index (χ1v) is 15.0. The first-order valence-electron chi connectivity index (χ1n) is 15.0. The lowest BCUT2D eigenvalue weighted by molar-refractivity contribution is -0.150. The standard InChI is InChI=1S/C32H36F7N3O3/c1-5-45-28(43)30-15-23(30)16-41(17-30)25-8-9-42(27(14-25)26-7-6-24(33)10-18(26)2)29(44)40(4)19(3)20-11-21(31(34,35)36)13-22(12-20)32(37,38)39/h6-7,10-13,19,23,25,27H,5,8-9,14-17H2,1-4H3. The number of ether oxygens (including phenoxy) is 1. The van der Waals surface area contributed by atoms with E-state index in [0.29, 0.717) is 55.8 Å². The van der Waals surface area contributed by atoms with Gasteiger partial charge in [-0.15, -0.1) is 0 Å². The van der Waals surface area contributed by atoms with Crippen LogP contribution in [0.3, 0.4) is 0 Å². The number of carbonyl (C=O) groups is 2. The molecule has 45 heavy (non-hydrogen) atoms. The van der Waals surface area contributed by atoms with Crippen molar-refractivity contribution in [3.63, 3.8) is 0 Å². The van der Waals surface area contributed by atoms with Crippen molar-refractivity contribution in [3.05, 3.63) is 70.0 Å². The lowest BCUT2D eigenvalue weighted by Crippen LogP contribution is -2.52. The number of carbonyl (C=O) groups excluding carboxylic acids is 2. The lowest BCUT2D eigenvalue weighted by atomic mass is 9.88. The van der Waals surface area contributed by atoms with Crippen LogP contribution < -0.4 is 0 Å². The second-order valence-electron chi connectivity index (χ2n) is 12.5. The highest BCUT2D eigenvalue weighted by atomic mass is 19.4. The minimum absolute atomic E-state index is 0.0110. The van der Waals surface area contributed by atoms with Gasteiger partial charge in [-0.3, -0.25) is 9.69 Å². The summed E-state index contributed by atoms with van der Waals surface area (Å²) in [6, 6.07) is 3.31. The van der Waals surface area contributed by atoms with E-state index in [1.54, 1.807) is 24.8 Å². The second kappa shape index (κ2) is 11.8. The molecule has 13 heteroatoms. The molecule has 0 radical (unpaired) electrons. The van der Waals surface area contributed by atoms with Gasteiger partial charge < -0.3 is 14.5 Å². The van der Waals surface area contributed by atoms with Crippen molar-refractivity contribution in [2.45, 2.75) is 70.5 Å². The number of fused-ring (bicyclic) bond motifs is 1. The first-order chi connectivity index (χ1) is 21.0. The lowest BCUT2D eigenvalue weighted by Gasteiger charge is -2.45. The van der Waals surface area contributed by atoms with Gasteiger partial charge in [0.05, 0.1) is 35.2 Å². The van der Waals surface area contributed by atoms with Crippen LogP contribution in [0, 0.1) is 24.1 Å². The van der Waals surface area contributed by atoms with Crippen LogP contribution in [0.1, 0.15) is 73.0 Å². The van der Waals surface area contributed by atoms with Gasteiger partial charge in [0.15, 0.2) is 0 Å². The Kier molecular flexibility index (Phi) is 8.65. The van der Waals surface area contributed by atoms with Gasteiger partial charge in [0, 0.05) is 32.7 Å². The highest BCUT2D eigenvalue weighted by molar-refractivity contribution is 5.81. The van der Waals surface area contributed by atoms with Crippen LogP contribution in [0.4, 0.5) is 35.5 Å². The molecule has 246 valence electrons. The number of likely N-dealkylation sites (tertiary alicyclic amines) is 2. The maximum Gasteiger partial charge on any atom is 0.416 e. The molecule has 2 aromatic rings. The average Bonchev–Trinajstić information content (AvgIpc) is 3.55. The molecule has 2 heterocycles. The Morgan fingerprint density at radius 2 is 1.71 bits per heavy atom. The van der Waals surface area contributed by atoms with Gasteiger partial charge in [-0.1, -0.05) is 6.07 Å². The smallest absolute Gasteiger partial charge is 0.416 e. The van der Waals surface area contributed by atoms with E-state index < -0.39 is 52.8 Å². The molecule has 0 bridgehead atoms. The maximum atomic E-state index is 14.1. The zero-order chi connectivity index (χ0) is 33.1. The Hall–Kier alpha value is -3.35. The molecular formula is C32H36F7N3O3. The number of alkyl halides is 6. The number of aryl methyl sites for hydroxylation is 1. The number of hydrogen-bond donors (Lipinski definition) is 0. The van der Waals surface area contributed by atoms with Crippen molar-refractivity contribution in [3.8, 4) is 0 Å². The number of piperidine rings is 2. The molecule has 6 nitrogen and oxygen atoms in total. The minimum Gasteiger partial charge on any atom is -0.466 e. The molecule has 0 aromatic heterocycles. The Bertz CT molecular complexity index is 1430. The van der Waals surface area contributed by atoms with Crippen molar-refractivity contribution in [1.29, 1.82) is 0 Å². The SMILES string of the molecule is CCOC(=O)C12CC1CN(C1CCN(C(=O)N(C)C(C)c3cc(C(F)(F)F)cc(C(F)(F)F)c3)C(c3ccc(F)cc3C)C1)C2. The summed E-state index contributed by atoms with van der Waals surface area (Å²) in [4.78, 5) is 31.6. The van der Waals surface area contributed by atoms with Crippen molar-refractivity contribution < 1.29 is 45.1 Å². The topological polar surface area (TPSA) is 53.1 Å². The molecule has 1 saturated carbocycles. The summed E-state index contributed by atoms with van der Waals surface area (Å²) in [6.45, 7) is 6.65. The fourth-order valence-electron chi connectivity index (χ4n) is 7.02. The fraction of sp³-hybridized carbons (Fsp3) is 0.562. The Morgan fingerprint density at radius 1 is 1.07 bits per heavy atom. The van der Waals surface area contributed by atoms with Gasteiger partial charge in [-0.25, -0.2) is 9.18 Å². The molecule has 5 rings (SSSR count). The monoisotopic (exact) mass is 643 g/mol. The number of nitrogens with zero attached hydrogens (tertiary/aromatic N) is 3. The summed E-state index contributed by atoms with van der Waals surface area (Å²) in [6.07, 6.45) is -8.28. The van der Waals surface area contributed by atoms with Crippen LogP contribution in [0.25, 0.3) is 0 Å². The number of esters is 1. The van der Waals surface area contributed by atoms with Crippen LogP contribution in [0.2, 0.25) is 0 Å². The van der Waals surface area contributed by atoms with Gasteiger partial charge in [-0.2, -0.15) is 26.3 Å². The molecule has 2 aliphatic heterocycles. The highest BCUT2D eigenvalue weighted by Crippen LogP contribution is 2.59. The summed E-state index contributed by atoms with van der Waals surface area (Å²) < 4.78 is 101. The molecule has 1 aliphatic carbocycles. The predicted octanol–water partition coefficient (Wildman–Crippen LogP) is 7.38. The van der Waals surface area contributed by atoms with Crippen LogP contribution in [-0.2, 0) is 21.9 Å². The second-order valence-corrected chi connectivity index (χ2v) is 12.5. The molecule has 2 amide bonds. The summed E-state index contributed by atoms with van der Waals surface area (Å²) in [5.74, 6) is -0.452. The summed E-state index contributed by atoms with van der Waals surface area (Å²) in [5, 5.41) is 0. The molecule has 2 saturated heterocycles. The van der Waals surface area contributed by atoms with Crippen LogP contribution in [-0.4, -0.2) is 66.0 Å². The quantitative estimate of drug-likeness (QED) is 0.244. The number of rotatable bonds is 6. The van der Waals surface area contributed by atoms with Crippen molar-refractivity contribution in [2.75, 3.05) is 33.3 Å². The van der Waals surface area contributed by atoms with Gasteiger partial charge in [-0.05, 0) is 93.0 Å². The fourth-order valence-corrected chi connectivity index (χ4v) is 7.02. The zero-order valence-corrected chi connectivity index (χ0v) is 25.4. The van der Waals surface area contributed by atoms with Crippen molar-refractivity contribution >= 4 is 12.0 Å². The van der Waals surface area contributed by atoms with Crippen molar-refractivity contribution in [2.24, 2.45) is 11.3 Å². The van der Waals surface area contributed by atoms with Crippen LogP contribution >= 0.6 is 0 Å². The van der Waals surface area contributed by atoms with E-state index in [1.165, 1.54) is 26.1 Å². The summed E-state index contributed by atoms with van der Waals surface area (Å²) in [7, 11) is 1.35. The molecule has 0 N–H and O–H groups in total. The average molecular weight is 644 g/mol. The molecule has 5 unspecified atom stereocenters. The molecule has 2 aromatic carbocycles. The van der Waals surface area contributed by atoms with Gasteiger partial charge >= 0.3 is 24.4 Å². The Morgan fingerprint density at radius 3 is 2.29 bits per heavy atom. The third-order valence-electron chi connectivity index (χ3n) is 9.76. The van der Waals surface area contributed by atoms with Gasteiger partial charge in [0.2, 0.25) is 0 Å². The van der Waals surface area contributed by atoms with E-state index in [4.69, 9.17) is 4.74 Å². The number of urea groups is 1. The summed E-state index contributed by atoms with van der Waals surface area (Å²) in [5.41, 5.74) is -2.43. The number of hydrogen-bond acceptors (Lipinski definition) is 4. The molecule has 0 spiro atoms. The third kappa shape index (κ3) is 6.37. The molecule has 3 aliphatic rings. The number of halogens is 7. The van der Waals surface area contributed by atoms with E-state index >= 15 is 0 Å². The van der Waals surface area contributed by atoms with Gasteiger partial charge in [0.25, 0.3) is 0 Å². The number of benzene rings is 2. The van der Waals surface area contributed by atoms with Crippen LogP contribution in [0.15, 0.2) is 36.4 Å². The van der Waals surface area contributed by atoms with Crippen molar-refractivity contribution in [1.82, 2.24) is 14.7 Å². The summed E-state index contributed by atoms with van der Waals surface area (Å²) >= 11 is 0. The third-order valence-corrected chi connectivity index (χ3v) is 9.76. The minimum atomic E-state index is -5.02. The Labute approximate surface area is 257 Å². The Balaban J connectivity index is 1.41. The maximum absolute atomic E-state index is 14.1. The zero-order valence-electron chi connectivity index (χ0n) is 25.4. The first kappa shape index (κ1) is 33.0. The van der Waals surface area contributed by atoms with Gasteiger partial charge in [0.1, 0.15) is 5.82 Å². The van der Waals surface area contributed by atoms with E-state index in [-0.39, 0.29) is 36.1 Å². The van der Waals surface area contributed by atoms with E-state index in [9.17, 15) is 40.3 Å². The van der Waals surface area contributed by atoms with E-state index in [2.05, 4.69) is 4.90 Å². The molecule has 3 fully saturated rings. The van der Waals surface area contributed by atoms with Crippen LogP contribution in [0.5, 0.6) is 0 Å². The predicted molar refractivity (Wildman–Crippen MR) is 150 cm³/mol. The van der Waals surface area contributed by atoms with E-state index in [0.717, 1.165) is 11.3 Å². The van der Waals surface area contributed by atoms with E-state index in [1.807, 2.05) is 0 Å². The molecular weight excluding hydrogens is 607 g/mol. The number of amides is 2. The normalized spacial score (nSPS) is 25.9.